The van der Waals surface area contributed by atoms with Crippen molar-refractivity contribution in [3.8, 4) is 5.75 Å². The van der Waals surface area contributed by atoms with E-state index in [9.17, 15) is 9.59 Å². The molecule has 168 valence electrons. The van der Waals surface area contributed by atoms with E-state index in [1.54, 1.807) is 19.2 Å². The highest BCUT2D eigenvalue weighted by atomic mass is 16.5. The van der Waals surface area contributed by atoms with Crippen LogP contribution in [0.15, 0.2) is 72.8 Å². The molecule has 0 unspecified atom stereocenters. The zero-order valence-corrected chi connectivity index (χ0v) is 18.6. The molecule has 2 aliphatic rings. The molecular formula is C27H26N2O4. The van der Waals surface area contributed by atoms with Gasteiger partial charge in [0, 0.05) is 43.9 Å². The molecule has 6 heteroatoms. The number of benzene rings is 3. The van der Waals surface area contributed by atoms with Gasteiger partial charge in [0.2, 0.25) is 0 Å². The Labute approximate surface area is 193 Å². The number of ether oxygens (including phenoxy) is 2. The zero-order chi connectivity index (χ0) is 22.8. The summed E-state index contributed by atoms with van der Waals surface area (Å²) in [6, 6.07) is 23.0. The number of piperazine rings is 1. The molecule has 0 N–H and O–H groups in total. The summed E-state index contributed by atoms with van der Waals surface area (Å²) in [6.45, 7) is 2.84. The fraction of sp³-hybridized carbons (Fsp3) is 0.259. The molecule has 2 aliphatic heterocycles. The number of anilines is 1. The third-order valence-electron chi connectivity index (χ3n) is 6.40. The Hall–Kier alpha value is -3.80. The maximum Gasteiger partial charge on any atom is 0.339 e. The Morgan fingerprint density at radius 2 is 1.67 bits per heavy atom. The van der Waals surface area contributed by atoms with Crippen LogP contribution in [0.5, 0.6) is 5.75 Å². The summed E-state index contributed by atoms with van der Waals surface area (Å²) in [5, 5.41) is 0. The predicted octanol–water partition coefficient (Wildman–Crippen LogP) is 4.11. The van der Waals surface area contributed by atoms with E-state index in [0.717, 1.165) is 35.7 Å². The molecule has 0 saturated carbocycles. The van der Waals surface area contributed by atoms with Crippen LogP contribution < -0.4 is 9.64 Å². The average molecular weight is 443 g/mol. The second kappa shape index (κ2) is 8.98. The van der Waals surface area contributed by atoms with Gasteiger partial charge in [-0.2, -0.15) is 0 Å². The molecule has 33 heavy (non-hydrogen) atoms. The van der Waals surface area contributed by atoms with Gasteiger partial charge in [0.1, 0.15) is 11.9 Å². The van der Waals surface area contributed by atoms with Crippen molar-refractivity contribution in [3.63, 3.8) is 0 Å². The smallest absolute Gasteiger partial charge is 0.339 e. The van der Waals surface area contributed by atoms with Crippen LogP contribution in [0.3, 0.4) is 0 Å². The highest BCUT2D eigenvalue weighted by Crippen LogP contribution is 2.31. The van der Waals surface area contributed by atoms with Gasteiger partial charge in [0.25, 0.3) is 5.91 Å². The van der Waals surface area contributed by atoms with Gasteiger partial charge >= 0.3 is 5.97 Å². The first-order chi connectivity index (χ1) is 16.1. The molecule has 0 bridgehead atoms. The van der Waals surface area contributed by atoms with Crippen molar-refractivity contribution in [1.29, 1.82) is 0 Å². The van der Waals surface area contributed by atoms with E-state index >= 15 is 0 Å². The van der Waals surface area contributed by atoms with Gasteiger partial charge in [-0.15, -0.1) is 0 Å². The van der Waals surface area contributed by atoms with Gasteiger partial charge in [-0.05, 0) is 53.6 Å². The predicted molar refractivity (Wildman–Crippen MR) is 126 cm³/mol. The zero-order valence-electron chi connectivity index (χ0n) is 18.6. The molecule has 3 aromatic rings. The van der Waals surface area contributed by atoms with Crippen molar-refractivity contribution in [3.05, 3.63) is 95.1 Å². The number of amides is 1. The molecule has 0 aromatic heterocycles. The maximum atomic E-state index is 13.2. The van der Waals surface area contributed by atoms with Gasteiger partial charge in [-0.3, -0.25) is 4.79 Å². The standard InChI is InChI=1S/C27H26N2O4/c1-32-23-10-8-22(9-11-23)28-13-15-29(16-14-28)26(30)20-7-12-24-21(17-20)18-25(33-27(24)31)19-5-3-2-4-6-19/h2-12,17,25H,13-16,18H2,1H3/t25-/m1/s1. The van der Waals surface area contributed by atoms with E-state index in [0.29, 0.717) is 30.6 Å². The van der Waals surface area contributed by atoms with Gasteiger partial charge < -0.3 is 19.3 Å². The Kier molecular flexibility index (Phi) is 5.73. The molecule has 1 amide bonds. The van der Waals surface area contributed by atoms with E-state index in [2.05, 4.69) is 4.90 Å². The Balaban J connectivity index is 1.27. The lowest BCUT2D eigenvalue weighted by atomic mass is 9.93. The fourth-order valence-electron chi connectivity index (χ4n) is 4.53. The number of rotatable bonds is 4. The number of methoxy groups -OCH3 is 1. The third kappa shape index (κ3) is 4.29. The fourth-order valence-corrected chi connectivity index (χ4v) is 4.53. The number of hydrogen-bond donors (Lipinski definition) is 0. The number of cyclic esters (lactones) is 1. The molecule has 0 radical (unpaired) electrons. The van der Waals surface area contributed by atoms with Crippen LogP contribution in [0.4, 0.5) is 5.69 Å². The summed E-state index contributed by atoms with van der Waals surface area (Å²) >= 11 is 0. The van der Waals surface area contributed by atoms with E-state index in [-0.39, 0.29) is 18.0 Å². The molecule has 1 fully saturated rings. The van der Waals surface area contributed by atoms with Gasteiger partial charge in [-0.25, -0.2) is 4.79 Å². The van der Waals surface area contributed by atoms with Crippen molar-refractivity contribution in [2.75, 3.05) is 38.2 Å². The summed E-state index contributed by atoms with van der Waals surface area (Å²) in [5.74, 6) is 0.498. The monoisotopic (exact) mass is 442 g/mol. The Morgan fingerprint density at radius 1 is 0.939 bits per heavy atom. The number of carbonyl (C=O) groups is 2. The molecule has 2 heterocycles. The minimum atomic E-state index is -0.336. The van der Waals surface area contributed by atoms with Crippen LogP contribution in [0.2, 0.25) is 0 Å². The second-order valence-electron chi connectivity index (χ2n) is 8.36. The number of fused-ring (bicyclic) bond motifs is 1. The van der Waals surface area contributed by atoms with Gasteiger partial charge in [0.15, 0.2) is 0 Å². The van der Waals surface area contributed by atoms with Crippen LogP contribution >= 0.6 is 0 Å². The lowest BCUT2D eigenvalue weighted by molar-refractivity contribution is 0.0252. The minimum absolute atomic E-state index is 0.00221. The normalized spacial score (nSPS) is 17.8. The van der Waals surface area contributed by atoms with Crippen molar-refractivity contribution < 1.29 is 19.1 Å². The van der Waals surface area contributed by atoms with E-state index in [1.807, 2.05) is 65.6 Å². The summed E-state index contributed by atoms with van der Waals surface area (Å²) in [7, 11) is 1.66. The number of esters is 1. The quantitative estimate of drug-likeness (QED) is 0.569. The Morgan fingerprint density at radius 3 is 2.36 bits per heavy atom. The molecule has 1 atom stereocenters. The molecule has 0 spiro atoms. The Bertz CT molecular complexity index is 1150. The average Bonchev–Trinajstić information content (AvgIpc) is 2.88. The molecule has 1 saturated heterocycles. The molecule has 6 nitrogen and oxygen atoms in total. The topological polar surface area (TPSA) is 59.1 Å². The molecule has 5 rings (SSSR count). The summed E-state index contributed by atoms with van der Waals surface area (Å²) in [5.41, 5.74) is 4.11. The number of nitrogens with zero attached hydrogens (tertiary/aromatic N) is 2. The summed E-state index contributed by atoms with van der Waals surface area (Å²) < 4.78 is 10.9. The SMILES string of the molecule is COc1ccc(N2CCN(C(=O)c3ccc4c(c3)C[C@H](c3ccccc3)OC4=O)CC2)cc1. The number of hydrogen-bond acceptors (Lipinski definition) is 5. The largest absolute Gasteiger partial charge is 0.497 e. The van der Waals surface area contributed by atoms with E-state index < -0.39 is 0 Å². The van der Waals surface area contributed by atoms with E-state index in [1.165, 1.54) is 0 Å². The lowest BCUT2D eigenvalue weighted by Gasteiger charge is -2.36. The highest BCUT2D eigenvalue weighted by Gasteiger charge is 2.29. The maximum absolute atomic E-state index is 13.2. The summed E-state index contributed by atoms with van der Waals surface area (Å²) in [4.78, 5) is 29.9. The van der Waals surface area contributed by atoms with Crippen LogP contribution in [0, 0.1) is 0 Å². The summed E-state index contributed by atoms with van der Waals surface area (Å²) in [6.07, 6.45) is 0.238. The van der Waals surface area contributed by atoms with Gasteiger partial charge in [-0.1, -0.05) is 30.3 Å². The van der Waals surface area contributed by atoms with Crippen LogP contribution in [0.25, 0.3) is 0 Å². The second-order valence-corrected chi connectivity index (χ2v) is 8.36. The highest BCUT2D eigenvalue weighted by molar-refractivity contribution is 5.98. The first kappa shape index (κ1) is 21.1. The lowest BCUT2D eigenvalue weighted by Crippen LogP contribution is -2.48. The van der Waals surface area contributed by atoms with Gasteiger partial charge in [0.05, 0.1) is 12.7 Å². The first-order valence-corrected chi connectivity index (χ1v) is 11.2. The van der Waals surface area contributed by atoms with Crippen LogP contribution in [-0.4, -0.2) is 50.1 Å². The van der Waals surface area contributed by atoms with Crippen molar-refractivity contribution in [1.82, 2.24) is 4.90 Å². The number of carbonyl (C=O) groups excluding carboxylic acids is 2. The van der Waals surface area contributed by atoms with E-state index in [4.69, 9.17) is 9.47 Å². The van der Waals surface area contributed by atoms with Crippen molar-refractivity contribution in [2.45, 2.75) is 12.5 Å². The van der Waals surface area contributed by atoms with Crippen LogP contribution in [-0.2, 0) is 11.2 Å². The molecule has 0 aliphatic carbocycles. The third-order valence-corrected chi connectivity index (χ3v) is 6.40. The molecule has 3 aromatic carbocycles. The minimum Gasteiger partial charge on any atom is -0.497 e. The first-order valence-electron chi connectivity index (χ1n) is 11.2. The van der Waals surface area contributed by atoms with Crippen LogP contribution in [0.1, 0.15) is 37.9 Å². The molecular weight excluding hydrogens is 416 g/mol. The van der Waals surface area contributed by atoms with Crippen molar-refractivity contribution >= 4 is 17.6 Å². The van der Waals surface area contributed by atoms with Crippen molar-refractivity contribution in [2.24, 2.45) is 0 Å².